The maximum Gasteiger partial charge on any atom is 0.325 e. The van der Waals surface area contributed by atoms with Crippen LogP contribution in [0.4, 0.5) is 9.18 Å². The summed E-state index contributed by atoms with van der Waals surface area (Å²) >= 11 is 0. The molecule has 2 saturated heterocycles. The first kappa shape index (κ1) is 21.8. The van der Waals surface area contributed by atoms with Crippen molar-refractivity contribution in [3.8, 4) is 5.75 Å². The Kier molecular flexibility index (Phi) is 5.62. The Labute approximate surface area is 186 Å². The monoisotopic (exact) mass is 439 g/mol. The predicted molar refractivity (Wildman–Crippen MR) is 116 cm³/mol. The second-order valence-corrected chi connectivity index (χ2v) is 8.48. The molecule has 1 spiro atoms. The molecule has 1 N–H and O–H groups in total. The highest BCUT2D eigenvalue weighted by molar-refractivity contribution is 6.07. The van der Waals surface area contributed by atoms with Crippen LogP contribution in [0, 0.1) is 19.7 Å². The van der Waals surface area contributed by atoms with Crippen LogP contribution in [0.2, 0.25) is 0 Å². The molecule has 2 aliphatic rings. The number of carbonyl (C=O) groups excluding carboxylic acids is 3. The van der Waals surface area contributed by atoms with E-state index in [9.17, 15) is 18.8 Å². The van der Waals surface area contributed by atoms with E-state index in [2.05, 4.69) is 5.32 Å². The molecule has 32 heavy (non-hydrogen) atoms. The topological polar surface area (TPSA) is 79.0 Å². The first-order valence-electron chi connectivity index (χ1n) is 10.6. The minimum atomic E-state index is -1.00. The molecule has 0 aliphatic carbocycles. The summed E-state index contributed by atoms with van der Waals surface area (Å²) in [6.45, 7) is 4.71. The van der Waals surface area contributed by atoms with Crippen LogP contribution in [-0.2, 0) is 11.3 Å². The molecule has 2 aromatic rings. The maximum atomic E-state index is 14.0. The second kappa shape index (κ2) is 8.26. The van der Waals surface area contributed by atoms with E-state index in [-0.39, 0.29) is 42.8 Å². The molecule has 0 saturated carbocycles. The molecule has 0 radical (unpaired) electrons. The summed E-state index contributed by atoms with van der Waals surface area (Å²) in [4.78, 5) is 41.5. The fourth-order valence-corrected chi connectivity index (χ4v) is 4.37. The quantitative estimate of drug-likeness (QED) is 0.743. The van der Waals surface area contributed by atoms with Crippen molar-refractivity contribution in [2.45, 2.75) is 38.8 Å². The van der Waals surface area contributed by atoms with Gasteiger partial charge in [0.05, 0.1) is 13.7 Å². The number of methoxy groups -OCH3 is 1. The van der Waals surface area contributed by atoms with Gasteiger partial charge in [0.1, 0.15) is 5.54 Å². The smallest absolute Gasteiger partial charge is 0.325 e. The lowest BCUT2D eigenvalue weighted by Crippen LogP contribution is -2.55. The number of halogens is 1. The van der Waals surface area contributed by atoms with Gasteiger partial charge < -0.3 is 15.0 Å². The third-order valence-electron chi connectivity index (χ3n) is 6.38. The van der Waals surface area contributed by atoms with Gasteiger partial charge >= 0.3 is 6.03 Å². The molecule has 2 heterocycles. The van der Waals surface area contributed by atoms with E-state index in [1.807, 2.05) is 32.0 Å². The van der Waals surface area contributed by atoms with E-state index in [0.717, 1.165) is 22.8 Å². The molecule has 2 fully saturated rings. The number of hydrogen-bond donors (Lipinski definition) is 1. The minimum Gasteiger partial charge on any atom is -0.494 e. The van der Waals surface area contributed by atoms with Gasteiger partial charge in [-0.15, -0.1) is 0 Å². The lowest BCUT2D eigenvalue weighted by molar-refractivity contribution is -0.133. The Morgan fingerprint density at radius 3 is 2.50 bits per heavy atom. The van der Waals surface area contributed by atoms with Crippen molar-refractivity contribution in [2.24, 2.45) is 0 Å². The minimum absolute atomic E-state index is 0.0716. The van der Waals surface area contributed by atoms with E-state index >= 15 is 0 Å². The molecule has 8 heteroatoms. The molecular formula is C24H26FN3O4. The molecule has 0 bridgehead atoms. The lowest BCUT2D eigenvalue weighted by atomic mass is 9.87. The number of hydrogen-bond acceptors (Lipinski definition) is 4. The van der Waals surface area contributed by atoms with Crippen LogP contribution in [0.3, 0.4) is 0 Å². The summed E-state index contributed by atoms with van der Waals surface area (Å²) < 4.78 is 18.9. The standard InChI is InChI=1S/C24H26FN3O4/c1-15-4-5-16(2)18(12-15)14-28-22(30)24(26-23(28)31)8-10-27(11-9-24)21(29)17-6-7-20(32-3)19(25)13-17/h4-7,12-13H,8-11,14H2,1-3H3,(H,26,31). The molecule has 168 valence electrons. The fourth-order valence-electron chi connectivity index (χ4n) is 4.37. The van der Waals surface area contributed by atoms with Gasteiger partial charge in [-0.3, -0.25) is 14.5 Å². The number of imide groups is 1. The van der Waals surface area contributed by atoms with E-state index in [4.69, 9.17) is 4.74 Å². The van der Waals surface area contributed by atoms with Crippen LogP contribution < -0.4 is 10.1 Å². The summed E-state index contributed by atoms with van der Waals surface area (Å²) in [7, 11) is 1.36. The third-order valence-corrected chi connectivity index (χ3v) is 6.38. The van der Waals surface area contributed by atoms with Crippen molar-refractivity contribution in [3.63, 3.8) is 0 Å². The Morgan fingerprint density at radius 2 is 1.84 bits per heavy atom. The van der Waals surface area contributed by atoms with Gasteiger partial charge in [0.25, 0.3) is 11.8 Å². The Morgan fingerprint density at radius 1 is 1.12 bits per heavy atom. The van der Waals surface area contributed by atoms with Crippen LogP contribution in [0.25, 0.3) is 0 Å². The van der Waals surface area contributed by atoms with Gasteiger partial charge in [0.15, 0.2) is 11.6 Å². The second-order valence-electron chi connectivity index (χ2n) is 8.48. The largest absolute Gasteiger partial charge is 0.494 e. The molecule has 2 aliphatic heterocycles. The number of amides is 4. The highest BCUT2D eigenvalue weighted by Crippen LogP contribution is 2.31. The van der Waals surface area contributed by atoms with Crippen molar-refractivity contribution in [3.05, 3.63) is 64.5 Å². The lowest BCUT2D eigenvalue weighted by Gasteiger charge is -2.37. The van der Waals surface area contributed by atoms with Crippen LogP contribution in [0.5, 0.6) is 5.75 Å². The number of urea groups is 1. The van der Waals surface area contributed by atoms with Crippen LogP contribution in [0.1, 0.15) is 39.9 Å². The molecule has 0 unspecified atom stereocenters. The third kappa shape index (κ3) is 3.81. The van der Waals surface area contributed by atoms with Gasteiger partial charge in [-0.2, -0.15) is 0 Å². The molecule has 0 atom stereocenters. The van der Waals surface area contributed by atoms with Gasteiger partial charge in [0, 0.05) is 18.7 Å². The zero-order chi connectivity index (χ0) is 23.0. The number of aryl methyl sites for hydroxylation is 2. The summed E-state index contributed by atoms with van der Waals surface area (Å²) in [5, 5.41) is 2.87. The Balaban J connectivity index is 1.45. The van der Waals surface area contributed by atoms with Gasteiger partial charge in [-0.05, 0) is 56.0 Å². The zero-order valence-corrected chi connectivity index (χ0v) is 18.4. The summed E-state index contributed by atoms with van der Waals surface area (Å²) in [6, 6.07) is 9.63. The number of ether oxygens (including phenoxy) is 1. The van der Waals surface area contributed by atoms with Crippen LogP contribution in [0.15, 0.2) is 36.4 Å². The summed E-state index contributed by atoms with van der Waals surface area (Å²) in [6.07, 6.45) is 0.622. The molecule has 7 nitrogen and oxygen atoms in total. The predicted octanol–water partition coefficient (Wildman–Crippen LogP) is 3.18. The fraction of sp³-hybridized carbons (Fsp3) is 0.375. The number of nitrogens with zero attached hydrogens (tertiary/aromatic N) is 2. The SMILES string of the molecule is COc1ccc(C(=O)N2CCC3(CC2)NC(=O)N(Cc2cc(C)ccc2C)C3=O)cc1F. The number of nitrogens with one attached hydrogen (secondary N) is 1. The van der Waals surface area contributed by atoms with Crippen molar-refractivity contribution in [2.75, 3.05) is 20.2 Å². The highest BCUT2D eigenvalue weighted by Gasteiger charge is 2.52. The average Bonchev–Trinajstić information content (AvgIpc) is 3.00. The van der Waals surface area contributed by atoms with Gasteiger partial charge in [0.2, 0.25) is 0 Å². The number of rotatable bonds is 4. The first-order chi connectivity index (χ1) is 15.2. The van der Waals surface area contributed by atoms with Gasteiger partial charge in [-0.1, -0.05) is 23.8 Å². The van der Waals surface area contributed by atoms with Crippen molar-refractivity contribution in [1.82, 2.24) is 15.1 Å². The van der Waals surface area contributed by atoms with Crippen molar-refractivity contribution >= 4 is 17.8 Å². The van der Waals surface area contributed by atoms with Gasteiger partial charge in [-0.25, -0.2) is 9.18 Å². The summed E-state index contributed by atoms with van der Waals surface area (Å²) in [5.74, 6) is -1.11. The number of carbonyl (C=O) groups is 3. The first-order valence-corrected chi connectivity index (χ1v) is 10.6. The Bertz CT molecular complexity index is 1090. The number of piperidine rings is 1. The van der Waals surface area contributed by atoms with E-state index in [1.54, 1.807) is 4.90 Å². The van der Waals surface area contributed by atoms with Crippen molar-refractivity contribution < 1.29 is 23.5 Å². The summed E-state index contributed by atoms with van der Waals surface area (Å²) in [5.41, 5.74) is 2.23. The molecule has 4 rings (SSSR count). The normalized spacial score (nSPS) is 17.6. The number of benzene rings is 2. The zero-order valence-electron chi connectivity index (χ0n) is 18.4. The number of likely N-dealkylation sites (tertiary alicyclic amines) is 1. The van der Waals surface area contributed by atoms with E-state index < -0.39 is 17.4 Å². The highest BCUT2D eigenvalue weighted by atomic mass is 19.1. The molecule has 4 amide bonds. The molecular weight excluding hydrogens is 413 g/mol. The maximum absolute atomic E-state index is 14.0. The van der Waals surface area contributed by atoms with Crippen molar-refractivity contribution in [1.29, 1.82) is 0 Å². The van der Waals surface area contributed by atoms with Crippen LogP contribution >= 0.6 is 0 Å². The van der Waals surface area contributed by atoms with E-state index in [0.29, 0.717) is 12.8 Å². The Hall–Kier alpha value is -3.42. The molecule has 2 aromatic carbocycles. The van der Waals surface area contributed by atoms with Crippen LogP contribution in [-0.4, -0.2) is 53.4 Å². The average molecular weight is 439 g/mol. The van der Waals surface area contributed by atoms with E-state index in [1.165, 1.54) is 24.1 Å². The molecule has 0 aromatic heterocycles.